The second-order valence-electron chi connectivity index (χ2n) is 9.25. The van der Waals surface area contributed by atoms with Crippen LogP contribution in [-0.4, -0.2) is 55.1 Å². The molecule has 1 aliphatic heterocycles. The van der Waals surface area contributed by atoms with Crippen molar-refractivity contribution in [2.45, 2.75) is 24.6 Å². The first-order chi connectivity index (χ1) is 20.5. The van der Waals surface area contributed by atoms with Crippen molar-refractivity contribution in [1.29, 1.82) is 0 Å². The van der Waals surface area contributed by atoms with Gasteiger partial charge in [-0.15, -0.1) is 0 Å². The van der Waals surface area contributed by atoms with Crippen molar-refractivity contribution in [1.82, 2.24) is 0 Å². The van der Waals surface area contributed by atoms with Crippen molar-refractivity contribution in [3.63, 3.8) is 0 Å². The SMILES string of the molecule is O=C(OCC1O[C@@H](OC(=O)c2ccccc2)[C@H](OC(=O)c2ccccc2)[C@H]1OC(=O)c1ccccc1)c1ccccc1. The van der Waals surface area contributed by atoms with Gasteiger partial charge in [0, 0.05) is 0 Å². The first-order valence-electron chi connectivity index (χ1n) is 13.2. The summed E-state index contributed by atoms with van der Waals surface area (Å²) in [5.41, 5.74) is 0.978. The van der Waals surface area contributed by atoms with Gasteiger partial charge in [0.05, 0.1) is 22.3 Å². The summed E-state index contributed by atoms with van der Waals surface area (Å²) >= 11 is 0. The molecule has 0 radical (unpaired) electrons. The Hall–Kier alpha value is -5.28. The third-order valence-corrected chi connectivity index (χ3v) is 6.39. The van der Waals surface area contributed by atoms with E-state index in [-0.39, 0.29) is 23.3 Å². The quantitative estimate of drug-likeness (QED) is 0.207. The molecule has 9 heteroatoms. The zero-order valence-electron chi connectivity index (χ0n) is 22.2. The van der Waals surface area contributed by atoms with Gasteiger partial charge in [-0.1, -0.05) is 72.8 Å². The maximum absolute atomic E-state index is 13.1. The van der Waals surface area contributed by atoms with Crippen LogP contribution in [-0.2, 0) is 23.7 Å². The molecule has 0 saturated carbocycles. The number of benzene rings is 4. The maximum atomic E-state index is 13.1. The summed E-state index contributed by atoms with van der Waals surface area (Å²) in [4.78, 5) is 51.9. The van der Waals surface area contributed by atoms with E-state index in [1.54, 1.807) is 121 Å². The van der Waals surface area contributed by atoms with Gasteiger partial charge < -0.3 is 23.7 Å². The second-order valence-corrected chi connectivity index (χ2v) is 9.25. The minimum Gasteiger partial charge on any atom is -0.459 e. The van der Waals surface area contributed by atoms with Crippen LogP contribution in [0.15, 0.2) is 121 Å². The molecular weight excluding hydrogens is 540 g/mol. The molecule has 0 amide bonds. The fourth-order valence-electron chi connectivity index (χ4n) is 4.28. The number of hydrogen-bond acceptors (Lipinski definition) is 9. The Labute approximate surface area is 241 Å². The Morgan fingerprint density at radius 1 is 0.476 bits per heavy atom. The summed E-state index contributed by atoms with van der Waals surface area (Å²) in [6.07, 6.45) is -5.33. The number of hydrogen-bond donors (Lipinski definition) is 0. The molecule has 1 unspecified atom stereocenters. The topological polar surface area (TPSA) is 114 Å². The lowest BCUT2D eigenvalue weighted by Gasteiger charge is -2.24. The molecule has 1 fully saturated rings. The lowest BCUT2D eigenvalue weighted by molar-refractivity contribution is -0.141. The zero-order chi connectivity index (χ0) is 29.3. The fourth-order valence-corrected chi connectivity index (χ4v) is 4.28. The molecule has 1 heterocycles. The Kier molecular flexibility index (Phi) is 9.00. The lowest BCUT2D eigenvalue weighted by atomic mass is 10.1. The van der Waals surface area contributed by atoms with E-state index in [4.69, 9.17) is 23.7 Å². The van der Waals surface area contributed by atoms with E-state index in [9.17, 15) is 19.2 Å². The molecule has 4 aromatic rings. The largest absolute Gasteiger partial charge is 0.459 e. The molecule has 4 aromatic carbocycles. The Balaban J connectivity index is 1.43. The number of carbonyl (C=O) groups is 4. The third-order valence-electron chi connectivity index (χ3n) is 6.39. The molecule has 4 atom stereocenters. The van der Waals surface area contributed by atoms with Gasteiger partial charge >= 0.3 is 23.9 Å². The van der Waals surface area contributed by atoms with Gasteiger partial charge in [0.2, 0.25) is 12.4 Å². The number of ether oxygens (including phenoxy) is 5. The molecule has 0 aromatic heterocycles. The predicted molar refractivity (Wildman–Crippen MR) is 149 cm³/mol. The van der Waals surface area contributed by atoms with Gasteiger partial charge in [-0.3, -0.25) is 0 Å². The van der Waals surface area contributed by atoms with Gasteiger partial charge in [0.15, 0.2) is 6.10 Å². The first-order valence-corrected chi connectivity index (χ1v) is 13.2. The summed E-state index contributed by atoms with van der Waals surface area (Å²) in [6.45, 7) is -0.390. The molecule has 0 aliphatic carbocycles. The summed E-state index contributed by atoms with van der Waals surface area (Å²) in [5.74, 6) is -2.89. The highest BCUT2D eigenvalue weighted by Gasteiger charge is 2.52. The number of rotatable bonds is 9. The molecule has 5 rings (SSSR count). The number of carbonyl (C=O) groups excluding carboxylic acids is 4. The Morgan fingerprint density at radius 3 is 1.26 bits per heavy atom. The van der Waals surface area contributed by atoms with Gasteiger partial charge in [-0.05, 0) is 48.5 Å². The average molecular weight is 567 g/mol. The average Bonchev–Trinajstić information content (AvgIpc) is 3.35. The minimum atomic E-state index is -1.49. The maximum Gasteiger partial charge on any atom is 0.340 e. The molecule has 212 valence electrons. The molecule has 1 aliphatic rings. The van der Waals surface area contributed by atoms with Crippen molar-refractivity contribution in [2.24, 2.45) is 0 Å². The molecule has 0 spiro atoms. The zero-order valence-corrected chi connectivity index (χ0v) is 22.2. The summed E-state index contributed by atoms with van der Waals surface area (Å²) in [5, 5.41) is 0. The van der Waals surface area contributed by atoms with E-state index in [0.29, 0.717) is 5.56 Å². The molecule has 9 nitrogen and oxygen atoms in total. The smallest absolute Gasteiger partial charge is 0.340 e. The second kappa shape index (κ2) is 13.4. The molecule has 0 bridgehead atoms. The van der Waals surface area contributed by atoms with Gasteiger partial charge in [-0.2, -0.15) is 0 Å². The van der Waals surface area contributed by atoms with Crippen LogP contribution in [0.4, 0.5) is 0 Å². The predicted octanol–water partition coefficient (Wildman–Crippen LogP) is 4.88. The molecular formula is C33H26O9. The van der Waals surface area contributed by atoms with Crippen LogP contribution in [0.25, 0.3) is 0 Å². The standard InChI is InChI=1S/C33H26O9/c34-29(22-13-5-1-6-14-22)38-21-26-27(40-30(35)23-15-7-2-8-16-23)28(41-31(36)24-17-9-3-10-18-24)33(39-26)42-32(37)25-19-11-4-12-20-25/h1-20,26-28,33H,21H2/t26?,27-,28+,33-/m0/s1. The minimum absolute atomic E-state index is 0.220. The van der Waals surface area contributed by atoms with Crippen molar-refractivity contribution in [3.8, 4) is 0 Å². The molecule has 42 heavy (non-hydrogen) atoms. The summed E-state index contributed by atoms with van der Waals surface area (Å²) in [6, 6.07) is 32.8. The van der Waals surface area contributed by atoms with Crippen molar-refractivity contribution in [2.75, 3.05) is 6.61 Å². The van der Waals surface area contributed by atoms with Crippen LogP contribution in [0.3, 0.4) is 0 Å². The monoisotopic (exact) mass is 566 g/mol. The fraction of sp³-hybridized carbons (Fsp3) is 0.152. The Morgan fingerprint density at radius 2 is 0.833 bits per heavy atom. The van der Waals surface area contributed by atoms with Crippen LogP contribution in [0.1, 0.15) is 41.4 Å². The van der Waals surface area contributed by atoms with Crippen molar-refractivity contribution in [3.05, 3.63) is 144 Å². The van der Waals surface area contributed by atoms with Crippen molar-refractivity contribution < 1.29 is 42.9 Å². The summed E-state index contributed by atoms with van der Waals surface area (Å²) < 4.78 is 28.6. The highest BCUT2D eigenvalue weighted by molar-refractivity contribution is 5.91. The van der Waals surface area contributed by atoms with E-state index in [0.717, 1.165) is 0 Å². The first kappa shape index (κ1) is 28.3. The van der Waals surface area contributed by atoms with Crippen LogP contribution in [0, 0.1) is 0 Å². The lowest BCUT2D eigenvalue weighted by Crippen LogP contribution is -2.42. The Bertz CT molecular complexity index is 1510. The van der Waals surface area contributed by atoms with Crippen LogP contribution < -0.4 is 0 Å². The van der Waals surface area contributed by atoms with Crippen molar-refractivity contribution >= 4 is 23.9 Å². The van der Waals surface area contributed by atoms with Crippen LogP contribution in [0.2, 0.25) is 0 Å². The molecule has 0 N–H and O–H groups in total. The van der Waals surface area contributed by atoms with Crippen LogP contribution in [0.5, 0.6) is 0 Å². The summed E-state index contributed by atoms with van der Waals surface area (Å²) in [7, 11) is 0. The van der Waals surface area contributed by atoms with E-state index >= 15 is 0 Å². The molecule has 1 saturated heterocycles. The third kappa shape index (κ3) is 6.89. The van der Waals surface area contributed by atoms with E-state index < -0.39 is 48.5 Å². The normalized spacial score (nSPS) is 19.3. The van der Waals surface area contributed by atoms with Gasteiger partial charge in [0.1, 0.15) is 12.7 Å². The van der Waals surface area contributed by atoms with E-state index in [1.165, 1.54) is 0 Å². The van der Waals surface area contributed by atoms with E-state index in [1.807, 2.05) is 0 Å². The highest BCUT2D eigenvalue weighted by Crippen LogP contribution is 2.30. The van der Waals surface area contributed by atoms with Gasteiger partial charge in [0.25, 0.3) is 0 Å². The van der Waals surface area contributed by atoms with Crippen LogP contribution >= 0.6 is 0 Å². The van der Waals surface area contributed by atoms with Gasteiger partial charge in [-0.25, -0.2) is 19.2 Å². The van der Waals surface area contributed by atoms with E-state index in [2.05, 4.69) is 0 Å². The number of esters is 4. The highest BCUT2D eigenvalue weighted by atomic mass is 16.8.